The summed E-state index contributed by atoms with van der Waals surface area (Å²) in [5.74, 6) is -2.22. The van der Waals surface area contributed by atoms with Crippen LogP contribution in [0.25, 0.3) is 17.2 Å². The first-order chi connectivity index (χ1) is 19.4. The average Bonchev–Trinajstić information content (AvgIpc) is 3.35. The average molecular weight is 558 g/mol. The summed E-state index contributed by atoms with van der Waals surface area (Å²) in [4.78, 5) is 24.5. The largest absolute Gasteiger partial charge is 0.492 e. The van der Waals surface area contributed by atoms with Gasteiger partial charge in [0.25, 0.3) is 0 Å². The Balaban J connectivity index is 1.36. The molecule has 3 aromatic carbocycles. The van der Waals surface area contributed by atoms with Gasteiger partial charge < -0.3 is 30.2 Å². The normalized spacial score (nSPS) is 17.2. The number of carboxylic acid groups (broad SMARTS) is 1. The number of aromatic carboxylic acids is 1. The summed E-state index contributed by atoms with van der Waals surface area (Å²) >= 11 is 0. The Morgan fingerprint density at radius 3 is 2.15 bits per heavy atom. The fourth-order valence-corrected chi connectivity index (χ4v) is 5.16. The van der Waals surface area contributed by atoms with Gasteiger partial charge in [0.1, 0.15) is 12.4 Å². The quantitative estimate of drug-likeness (QED) is 0.253. The molecule has 3 aromatic rings. The van der Waals surface area contributed by atoms with Gasteiger partial charge in [-0.3, -0.25) is 0 Å². The molecule has 5 rings (SSSR count). The van der Waals surface area contributed by atoms with Crippen LogP contribution in [0.2, 0.25) is 0 Å². The first kappa shape index (κ1) is 28.4. The molecular formula is C31H32BFN2O6. The van der Waals surface area contributed by atoms with Gasteiger partial charge in [0.2, 0.25) is 0 Å². The lowest BCUT2D eigenvalue weighted by Crippen LogP contribution is -2.41. The molecule has 1 aliphatic carbocycles. The van der Waals surface area contributed by atoms with Crippen molar-refractivity contribution in [2.45, 2.75) is 44.8 Å². The number of anilines is 1. The Hall–Kier alpha value is -4.15. The number of carboxylic acids is 1. The van der Waals surface area contributed by atoms with Gasteiger partial charge in [0, 0.05) is 18.0 Å². The Kier molecular flexibility index (Phi) is 7.40. The van der Waals surface area contributed by atoms with Crippen molar-refractivity contribution in [2.24, 2.45) is 0 Å². The maximum atomic E-state index is 14.3. The third-order valence-corrected chi connectivity index (χ3v) is 8.08. The zero-order valence-corrected chi connectivity index (χ0v) is 23.4. The number of rotatable bonds is 7. The van der Waals surface area contributed by atoms with Crippen LogP contribution in [-0.2, 0) is 14.0 Å². The van der Waals surface area contributed by atoms with Crippen LogP contribution in [0.1, 0.15) is 60.7 Å². The summed E-state index contributed by atoms with van der Waals surface area (Å²) in [6.07, 6.45) is 0.823. The monoisotopic (exact) mass is 558 g/mol. The molecule has 1 aliphatic heterocycles. The Bertz CT molecular complexity index is 1490. The minimum atomic E-state index is -1.36. The van der Waals surface area contributed by atoms with Gasteiger partial charge in [0.05, 0.1) is 22.5 Å². The van der Waals surface area contributed by atoms with E-state index in [1.165, 1.54) is 6.08 Å². The van der Waals surface area contributed by atoms with Crippen molar-refractivity contribution in [2.75, 3.05) is 18.9 Å². The topological polar surface area (TPSA) is 120 Å². The highest BCUT2D eigenvalue weighted by Crippen LogP contribution is 2.44. The number of ether oxygens (including phenoxy) is 1. The van der Waals surface area contributed by atoms with Crippen molar-refractivity contribution in [3.63, 3.8) is 0 Å². The van der Waals surface area contributed by atoms with Gasteiger partial charge in [-0.05, 0) is 67.6 Å². The molecule has 212 valence electrons. The van der Waals surface area contributed by atoms with Gasteiger partial charge in [-0.15, -0.1) is 0 Å². The molecule has 0 spiro atoms. The molecule has 41 heavy (non-hydrogen) atoms. The molecular weight excluding hydrogens is 526 g/mol. The van der Waals surface area contributed by atoms with E-state index in [2.05, 4.69) is 17.4 Å². The van der Waals surface area contributed by atoms with Crippen molar-refractivity contribution in [3.8, 4) is 11.1 Å². The van der Waals surface area contributed by atoms with Crippen molar-refractivity contribution < 1.29 is 33.1 Å². The van der Waals surface area contributed by atoms with E-state index in [-0.39, 0.29) is 35.9 Å². The van der Waals surface area contributed by atoms with Crippen molar-refractivity contribution in [1.29, 1.82) is 0 Å². The van der Waals surface area contributed by atoms with Crippen LogP contribution in [0.4, 0.5) is 14.9 Å². The maximum absolute atomic E-state index is 14.3. The second kappa shape index (κ2) is 10.7. The minimum absolute atomic E-state index is 0.0775. The van der Waals surface area contributed by atoms with E-state index in [0.717, 1.165) is 34.4 Å². The number of benzene rings is 3. The molecule has 4 N–H and O–H groups in total. The number of nitrogens with one attached hydrogen (secondary N) is 1. The predicted octanol–water partition coefficient (Wildman–Crippen LogP) is 5.66. The van der Waals surface area contributed by atoms with E-state index >= 15 is 0 Å². The van der Waals surface area contributed by atoms with E-state index in [1.54, 1.807) is 0 Å². The summed E-state index contributed by atoms with van der Waals surface area (Å²) in [6.45, 7) is 7.57. The standard InChI is InChI=1S/C31H32BFN2O6/c1-30(2)31(3,4)41-32(40-30)19(13-18-14-20(33)15-25(27(18)34)28(36)37)16-35-29(38)39-17-26-23-11-7-5-9-21(23)22-10-6-8-12-24(22)26/h5-15,26H,16-17,34H2,1-4H3,(H,35,38)(H,36,37). The van der Waals surface area contributed by atoms with Crippen molar-refractivity contribution in [1.82, 2.24) is 5.32 Å². The lowest BCUT2D eigenvalue weighted by atomic mass is 9.76. The molecule has 1 amide bonds. The predicted molar refractivity (Wildman–Crippen MR) is 155 cm³/mol. The molecule has 0 bridgehead atoms. The Morgan fingerprint density at radius 1 is 1.02 bits per heavy atom. The third kappa shape index (κ3) is 5.45. The second-order valence-electron chi connectivity index (χ2n) is 11.2. The lowest BCUT2D eigenvalue weighted by Gasteiger charge is -2.32. The van der Waals surface area contributed by atoms with Crippen LogP contribution in [-0.4, -0.2) is 48.6 Å². The molecule has 0 saturated carbocycles. The summed E-state index contributed by atoms with van der Waals surface area (Å²) in [6, 6.07) is 18.1. The number of nitrogens with two attached hydrogens (primary N) is 1. The molecule has 8 nitrogen and oxygen atoms in total. The first-order valence-electron chi connectivity index (χ1n) is 13.4. The highest BCUT2D eigenvalue weighted by Gasteiger charge is 2.52. The van der Waals surface area contributed by atoms with Crippen molar-refractivity contribution >= 4 is 30.9 Å². The molecule has 10 heteroatoms. The summed E-state index contributed by atoms with van der Waals surface area (Å²) in [7, 11) is -0.912. The first-order valence-corrected chi connectivity index (χ1v) is 13.4. The number of nitrogen functional groups attached to an aromatic ring is 1. The number of amides is 1. The van der Waals surface area contributed by atoms with Crippen molar-refractivity contribution in [3.05, 3.63) is 94.2 Å². The maximum Gasteiger partial charge on any atom is 0.492 e. The van der Waals surface area contributed by atoms with Crippen LogP contribution in [0.3, 0.4) is 0 Å². The van der Waals surface area contributed by atoms with Crippen LogP contribution in [0.5, 0.6) is 0 Å². The van der Waals surface area contributed by atoms with Gasteiger partial charge in [-0.25, -0.2) is 14.0 Å². The summed E-state index contributed by atoms with van der Waals surface area (Å²) in [5, 5.41) is 12.2. The minimum Gasteiger partial charge on any atom is -0.478 e. The van der Waals surface area contributed by atoms with E-state index in [9.17, 15) is 19.1 Å². The third-order valence-electron chi connectivity index (χ3n) is 8.08. The number of fused-ring (bicyclic) bond motifs is 3. The molecule has 0 radical (unpaired) electrons. The Morgan fingerprint density at radius 2 is 1.59 bits per heavy atom. The van der Waals surface area contributed by atoms with Gasteiger partial charge in [-0.2, -0.15) is 0 Å². The van der Waals surface area contributed by atoms with Crippen LogP contribution >= 0.6 is 0 Å². The zero-order valence-electron chi connectivity index (χ0n) is 23.4. The molecule has 0 atom stereocenters. The Labute approximate surface area is 238 Å². The van der Waals surface area contributed by atoms with Gasteiger partial charge >= 0.3 is 19.2 Å². The van der Waals surface area contributed by atoms with E-state index < -0.39 is 36.2 Å². The molecule has 0 aromatic heterocycles. The van der Waals surface area contributed by atoms with Gasteiger partial charge in [-0.1, -0.05) is 54.6 Å². The lowest BCUT2D eigenvalue weighted by molar-refractivity contribution is 0.00578. The molecule has 1 fully saturated rings. The number of carbonyl (C=O) groups is 2. The second-order valence-corrected chi connectivity index (χ2v) is 11.2. The summed E-state index contributed by atoms with van der Waals surface area (Å²) < 4.78 is 32.3. The number of halogens is 1. The van der Waals surface area contributed by atoms with E-state index in [4.69, 9.17) is 19.8 Å². The van der Waals surface area contributed by atoms with Crippen LogP contribution in [0.15, 0.2) is 66.1 Å². The molecule has 0 unspecified atom stereocenters. The fourth-order valence-electron chi connectivity index (χ4n) is 5.16. The fraction of sp³-hybridized carbons (Fsp3) is 0.290. The zero-order chi connectivity index (χ0) is 29.5. The highest BCUT2D eigenvalue weighted by atomic mass is 19.1. The molecule has 2 aliphatic rings. The SMILES string of the molecule is CC1(C)OB(C(=Cc2cc(F)cc(C(=O)O)c2N)CNC(=O)OCC2c3ccccc3-c3ccccc32)OC1(C)C. The van der Waals surface area contributed by atoms with E-state index in [1.807, 2.05) is 64.1 Å². The number of hydrogen-bond donors (Lipinski definition) is 3. The van der Waals surface area contributed by atoms with Crippen LogP contribution in [0, 0.1) is 5.82 Å². The highest BCUT2D eigenvalue weighted by molar-refractivity contribution is 6.56. The number of hydrogen-bond acceptors (Lipinski definition) is 6. The van der Waals surface area contributed by atoms with E-state index in [0.29, 0.717) is 5.47 Å². The van der Waals surface area contributed by atoms with Crippen LogP contribution < -0.4 is 11.1 Å². The van der Waals surface area contributed by atoms with Gasteiger partial charge in [0.15, 0.2) is 0 Å². The molecule has 1 saturated heterocycles. The summed E-state index contributed by atoms with van der Waals surface area (Å²) in [5.41, 5.74) is 9.16. The smallest absolute Gasteiger partial charge is 0.478 e. The number of alkyl carbamates (subject to hydrolysis) is 1. The number of carbonyl (C=O) groups excluding carboxylic acids is 1. The molecule has 1 heterocycles.